The zero-order valence-electron chi connectivity index (χ0n) is 13.6. The van der Waals surface area contributed by atoms with Gasteiger partial charge in [-0.1, -0.05) is 0 Å². The molecule has 122 valence electrons. The second kappa shape index (κ2) is 6.95. The average molecular weight is 322 g/mol. The fourth-order valence-corrected chi connectivity index (χ4v) is 2.34. The Morgan fingerprint density at radius 1 is 1.12 bits per heavy atom. The van der Waals surface area contributed by atoms with Crippen molar-refractivity contribution in [3.63, 3.8) is 0 Å². The van der Waals surface area contributed by atoms with Crippen molar-refractivity contribution < 1.29 is 9.53 Å². The number of aromatic nitrogens is 3. The van der Waals surface area contributed by atoms with Crippen LogP contribution < -0.4 is 10.1 Å². The third-order valence-electron chi connectivity index (χ3n) is 3.51. The summed E-state index contributed by atoms with van der Waals surface area (Å²) in [6.07, 6.45) is 3.23. The SMILES string of the molecule is CCOc1ccc(C(=O)Nc2ccc(-n3nccn3)cc2)cc1C. The number of carbonyl (C=O) groups excluding carboxylic acids is 1. The zero-order valence-corrected chi connectivity index (χ0v) is 13.6. The van der Waals surface area contributed by atoms with Gasteiger partial charge < -0.3 is 10.1 Å². The molecule has 0 saturated carbocycles. The minimum Gasteiger partial charge on any atom is -0.494 e. The molecule has 0 radical (unpaired) electrons. The summed E-state index contributed by atoms with van der Waals surface area (Å²) in [4.78, 5) is 13.9. The molecule has 3 aromatic rings. The Kier molecular flexibility index (Phi) is 4.56. The maximum absolute atomic E-state index is 12.4. The molecule has 1 amide bonds. The van der Waals surface area contributed by atoms with Crippen molar-refractivity contribution in [1.29, 1.82) is 0 Å². The predicted octanol–water partition coefficient (Wildman–Crippen LogP) is 3.23. The first-order valence-electron chi connectivity index (χ1n) is 7.69. The normalized spacial score (nSPS) is 10.4. The van der Waals surface area contributed by atoms with Gasteiger partial charge in [-0.3, -0.25) is 4.79 Å². The standard InChI is InChI=1S/C18H18N4O2/c1-3-24-17-9-4-14(12-13(17)2)18(23)21-15-5-7-16(8-6-15)22-19-10-11-20-22/h4-12H,3H2,1-2H3,(H,21,23). The van der Waals surface area contributed by atoms with Gasteiger partial charge in [-0.05, 0) is 61.9 Å². The number of ether oxygens (including phenoxy) is 1. The molecule has 0 aliphatic heterocycles. The Labute approximate surface area is 140 Å². The number of anilines is 1. The van der Waals surface area contributed by atoms with Crippen molar-refractivity contribution in [3.05, 3.63) is 66.0 Å². The lowest BCUT2D eigenvalue weighted by molar-refractivity contribution is 0.102. The molecule has 3 rings (SSSR count). The van der Waals surface area contributed by atoms with E-state index in [1.54, 1.807) is 18.5 Å². The van der Waals surface area contributed by atoms with Crippen molar-refractivity contribution >= 4 is 11.6 Å². The van der Waals surface area contributed by atoms with E-state index in [2.05, 4.69) is 15.5 Å². The average Bonchev–Trinajstić information content (AvgIpc) is 3.12. The minimum atomic E-state index is -0.161. The number of nitrogens with zero attached hydrogens (tertiary/aromatic N) is 3. The zero-order chi connectivity index (χ0) is 16.9. The highest BCUT2D eigenvalue weighted by molar-refractivity contribution is 6.04. The third-order valence-corrected chi connectivity index (χ3v) is 3.51. The van der Waals surface area contributed by atoms with E-state index in [1.807, 2.05) is 50.2 Å². The van der Waals surface area contributed by atoms with Gasteiger partial charge in [0, 0.05) is 11.3 Å². The van der Waals surface area contributed by atoms with Crippen LogP contribution in [-0.4, -0.2) is 27.5 Å². The quantitative estimate of drug-likeness (QED) is 0.783. The highest BCUT2D eigenvalue weighted by atomic mass is 16.5. The third kappa shape index (κ3) is 3.43. The van der Waals surface area contributed by atoms with Gasteiger partial charge in [-0.15, -0.1) is 0 Å². The number of nitrogens with one attached hydrogen (secondary N) is 1. The number of amides is 1. The van der Waals surface area contributed by atoms with Crippen LogP contribution in [0, 0.1) is 6.92 Å². The molecule has 1 heterocycles. The van der Waals surface area contributed by atoms with Crippen molar-refractivity contribution in [2.75, 3.05) is 11.9 Å². The Morgan fingerprint density at radius 2 is 1.83 bits per heavy atom. The molecule has 0 bridgehead atoms. The molecule has 1 aromatic heterocycles. The molecule has 0 aliphatic carbocycles. The first kappa shape index (κ1) is 15.7. The van der Waals surface area contributed by atoms with E-state index in [9.17, 15) is 4.79 Å². The number of carbonyl (C=O) groups is 1. The molecule has 0 fully saturated rings. The van der Waals surface area contributed by atoms with E-state index >= 15 is 0 Å². The molecule has 0 spiro atoms. The fraction of sp³-hybridized carbons (Fsp3) is 0.167. The molecule has 2 aromatic carbocycles. The van der Waals surface area contributed by atoms with Crippen LogP contribution >= 0.6 is 0 Å². The molecule has 0 atom stereocenters. The van der Waals surface area contributed by atoms with Gasteiger partial charge in [0.05, 0.1) is 24.7 Å². The Hall–Kier alpha value is -3.15. The van der Waals surface area contributed by atoms with Crippen LogP contribution in [0.2, 0.25) is 0 Å². The second-order valence-corrected chi connectivity index (χ2v) is 5.23. The monoisotopic (exact) mass is 322 g/mol. The molecule has 24 heavy (non-hydrogen) atoms. The maximum atomic E-state index is 12.4. The summed E-state index contributed by atoms with van der Waals surface area (Å²) in [5, 5.41) is 11.0. The molecular weight excluding hydrogens is 304 g/mol. The van der Waals surface area contributed by atoms with Crippen LogP contribution in [-0.2, 0) is 0 Å². The van der Waals surface area contributed by atoms with Gasteiger partial charge in [0.15, 0.2) is 0 Å². The summed E-state index contributed by atoms with van der Waals surface area (Å²) in [7, 11) is 0. The van der Waals surface area contributed by atoms with Crippen molar-refractivity contribution in [3.8, 4) is 11.4 Å². The van der Waals surface area contributed by atoms with Crippen LogP contribution in [0.25, 0.3) is 5.69 Å². The summed E-state index contributed by atoms with van der Waals surface area (Å²) < 4.78 is 5.49. The number of benzene rings is 2. The number of rotatable bonds is 5. The van der Waals surface area contributed by atoms with Gasteiger partial charge in [-0.25, -0.2) is 0 Å². The predicted molar refractivity (Wildman–Crippen MR) is 91.7 cm³/mol. The molecule has 0 unspecified atom stereocenters. The van der Waals surface area contributed by atoms with Crippen LogP contribution in [0.5, 0.6) is 5.75 Å². The number of hydrogen-bond acceptors (Lipinski definition) is 4. The van der Waals surface area contributed by atoms with Crippen molar-refractivity contribution in [2.45, 2.75) is 13.8 Å². The summed E-state index contributed by atoms with van der Waals surface area (Å²) >= 11 is 0. The first-order valence-corrected chi connectivity index (χ1v) is 7.69. The fourth-order valence-electron chi connectivity index (χ4n) is 2.34. The van der Waals surface area contributed by atoms with Gasteiger partial charge in [0.2, 0.25) is 0 Å². The van der Waals surface area contributed by atoms with Crippen LogP contribution in [0.1, 0.15) is 22.8 Å². The molecule has 6 nitrogen and oxygen atoms in total. The van der Waals surface area contributed by atoms with Crippen LogP contribution in [0.3, 0.4) is 0 Å². The first-order chi connectivity index (χ1) is 11.7. The lowest BCUT2D eigenvalue weighted by Gasteiger charge is -2.10. The van der Waals surface area contributed by atoms with E-state index in [1.165, 1.54) is 4.80 Å². The lowest BCUT2D eigenvalue weighted by atomic mass is 10.1. The molecular formula is C18H18N4O2. The van der Waals surface area contributed by atoms with Gasteiger partial charge in [0.1, 0.15) is 5.75 Å². The molecule has 6 heteroatoms. The van der Waals surface area contributed by atoms with E-state index < -0.39 is 0 Å². The number of hydrogen-bond donors (Lipinski definition) is 1. The van der Waals surface area contributed by atoms with Crippen LogP contribution in [0.15, 0.2) is 54.9 Å². The van der Waals surface area contributed by atoms with Crippen molar-refractivity contribution in [2.24, 2.45) is 0 Å². The van der Waals surface area contributed by atoms with Gasteiger partial charge in [0.25, 0.3) is 5.91 Å². The van der Waals surface area contributed by atoms with E-state index in [0.29, 0.717) is 17.9 Å². The smallest absolute Gasteiger partial charge is 0.255 e. The summed E-state index contributed by atoms with van der Waals surface area (Å²) in [5.41, 5.74) is 3.07. The van der Waals surface area contributed by atoms with E-state index in [-0.39, 0.29) is 5.91 Å². The second-order valence-electron chi connectivity index (χ2n) is 5.23. The summed E-state index contributed by atoms with van der Waals surface area (Å²) in [5.74, 6) is 0.635. The van der Waals surface area contributed by atoms with Crippen molar-refractivity contribution in [1.82, 2.24) is 15.0 Å². The topological polar surface area (TPSA) is 69.0 Å². The highest BCUT2D eigenvalue weighted by Gasteiger charge is 2.09. The summed E-state index contributed by atoms with van der Waals surface area (Å²) in [6, 6.07) is 12.7. The Morgan fingerprint density at radius 3 is 2.46 bits per heavy atom. The van der Waals surface area contributed by atoms with E-state index in [4.69, 9.17) is 4.74 Å². The largest absolute Gasteiger partial charge is 0.494 e. The van der Waals surface area contributed by atoms with E-state index in [0.717, 1.165) is 17.0 Å². The maximum Gasteiger partial charge on any atom is 0.255 e. The van der Waals surface area contributed by atoms with Crippen LogP contribution in [0.4, 0.5) is 5.69 Å². The van der Waals surface area contributed by atoms with Gasteiger partial charge >= 0.3 is 0 Å². The molecule has 0 aliphatic rings. The molecule has 1 N–H and O–H groups in total. The summed E-state index contributed by atoms with van der Waals surface area (Å²) in [6.45, 7) is 4.46. The number of aryl methyl sites for hydroxylation is 1. The minimum absolute atomic E-state index is 0.161. The Bertz CT molecular complexity index is 827. The van der Waals surface area contributed by atoms with Gasteiger partial charge in [-0.2, -0.15) is 15.0 Å². The Balaban J connectivity index is 1.71. The lowest BCUT2D eigenvalue weighted by Crippen LogP contribution is -2.12. The highest BCUT2D eigenvalue weighted by Crippen LogP contribution is 2.20. The molecule has 0 saturated heterocycles.